The van der Waals surface area contributed by atoms with E-state index in [1.165, 1.54) is 6.21 Å². The second-order valence-electron chi connectivity index (χ2n) is 5.82. The van der Waals surface area contributed by atoms with Crippen LogP contribution in [0.15, 0.2) is 47.7 Å². The maximum Gasteiger partial charge on any atom is 0.273 e. The average molecular weight is 367 g/mol. The molecule has 0 saturated heterocycles. The average Bonchev–Trinajstić information content (AvgIpc) is 3.04. The predicted molar refractivity (Wildman–Crippen MR) is 104 cm³/mol. The summed E-state index contributed by atoms with van der Waals surface area (Å²) in [6.45, 7) is 0. The summed E-state index contributed by atoms with van der Waals surface area (Å²) in [6, 6.07) is 11.1. The number of benzene rings is 2. The number of aryl methyl sites for hydroxylation is 1. The molecule has 1 heterocycles. The van der Waals surface area contributed by atoms with E-state index < -0.39 is 0 Å². The Morgan fingerprint density at radius 3 is 2.41 bits per heavy atom. The highest BCUT2D eigenvalue weighted by Gasteiger charge is 2.13. The van der Waals surface area contributed by atoms with Gasteiger partial charge in [0.15, 0.2) is 11.5 Å². The summed E-state index contributed by atoms with van der Waals surface area (Å²) >= 11 is 0. The smallest absolute Gasteiger partial charge is 0.273 e. The molecule has 0 atom stereocenters. The van der Waals surface area contributed by atoms with Crippen molar-refractivity contribution in [3.05, 3.63) is 53.7 Å². The van der Waals surface area contributed by atoms with E-state index in [0.717, 1.165) is 10.9 Å². The Morgan fingerprint density at radius 2 is 1.70 bits per heavy atom. The number of rotatable bonds is 6. The third-order valence-corrected chi connectivity index (χ3v) is 4.25. The molecule has 1 amide bonds. The van der Waals surface area contributed by atoms with Gasteiger partial charge in [-0.05, 0) is 12.1 Å². The molecule has 140 valence electrons. The molecule has 27 heavy (non-hydrogen) atoms. The van der Waals surface area contributed by atoms with Crippen molar-refractivity contribution >= 4 is 23.0 Å². The van der Waals surface area contributed by atoms with Crippen LogP contribution in [0.1, 0.15) is 15.9 Å². The van der Waals surface area contributed by atoms with Crippen LogP contribution in [0.3, 0.4) is 0 Å². The molecule has 7 heteroatoms. The molecule has 7 nitrogen and oxygen atoms in total. The van der Waals surface area contributed by atoms with Gasteiger partial charge in [0.1, 0.15) is 5.75 Å². The number of nitrogens with zero attached hydrogens (tertiary/aromatic N) is 2. The standard InChI is InChI=1S/C20H21N3O4/c1-23-12-15(14-7-5-6-8-16(14)23)20(24)22-21-11-13-9-18(26-3)19(27-4)10-17(13)25-2/h5-12H,1-4H3,(H,22,24)/b21-11-. The second-order valence-corrected chi connectivity index (χ2v) is 5.82. The second kappa shape index (κ2) is 7.82. The Morgan fingerprint density at radius 1 is 1.04 bits per heavy atom. The topological polar surface area (TPSA) is 74.1 Å². The fraction of sp³-hybridized carbons (Fsp3) is 0.200. The minimum absolute atomic E-state index is 0.289. The molecule has 0 aliphatic carbocycles. The lowest BCUT2D eigenvalue weighted by Gasteiger charge is -2.11. The molecule has 0 fully saturated rings. The van der Waals surface area contributed by atoms with E-state index >= 15 is 0 Å². The van der Waals surface area contributed by atoms with Crippen molar-refractivity contribution in [2.75, 3.05) is 21.3 Å². The Balaban J connectivity index is 1.83. The molecule has 0 radical (unpaired) electrons. The molecule has 3 rings (SSSR count). The Bertz CT molecular complexity index is 1010. The number of fused-ring (bicyclic) bond motifs is 1. The Kier molecular flexibility index (Phi) is 5.30. The number of para-hydroxylation sites is 1. The number of methoxy groups -OCH3 is 3. The number of carbonyl (C=O) groups is 1. The van der Waals surface area contributed by atoms with Crippen LogP contribution >= 0.6 is 0 Å². The zero-order chi connectivity index (χ0) is 19.4. The highest BCUT2D eigenvalue weighted by Crippen LogP contribution is 2.33. The number of nitrogens with one attached hydrogen (secondary N) is 1. The molecule has 1 aromatic heterocycles. The van der Waals surface area contributed by atoms with E-state index in [9.17, 15) is 4.79 Å². The highest BCUT2D eigenvalue weighted by molar-refractivity contribution is 6.07. The summed E-state index contributed by atoms with van der Waals surface area (Å²) in [5.41, 5.74) is 4.75. The first-order chi connectivity index (χ1) is 13.1. The van der Waals surface area contributed by atoms with Crippen LogP contribution in [-0.4, -0.2) is 38.0 Å². The molecule has 0 saturated carbocycles. The summed E-state index contributed by atoms with van der Waals surface area (Å²) in [4.78, 5) is 12.5. The first kappa shape index (κ1) is 18.3. The van der Waals surface area contributed by atoms with Crippen molar-refractivity contribution in [2.45, 2.75) is 0 Å². The van der Waals surface area contributed by atoms with Crippen molar-refractivity contribution in [3.8, 4) is 17.2 Å². The van der Waals surface area contributed by atoms with Crippen LogP contribution in [0.2, 0.25) is 0 Å². The molecule has 0 aliphatic heterocycles. The number of hydrazone groups is 1. The van der Waals surface area contributed by atoms with Gasteiger partial charge in [-0.3, -0.25) is 4.79 Å². The van der Waals surface area contributed by atoms with Gasteiger partial charge in [0.05, 0.1) is 33.1 Å². The normalized spacial score (nSPS) is 11.0. The van der Waals surface area contributed by atoms with Crippen molar-refractivity contribution in [1.82, 2.24) is 9.99 Å². The predicted octanol–water partition coefficient (Wildman–Crippen LogP) is 2.97. The highest BCUT2D eigenvalue weighted by atomic mass is 16.5. The van der Waals surface area contributed by atoms with Gasteiger partial charge in [-0.2, -0.15) is 5.10 Å². The van der Waals surface area contributed by atoms with Gasteiger partial charge in [-0.15, -0.1) is 0 Å². The van der Waals surface area contributed by atoms with Gasteiger partial charge in [-0.1, -0.05) is 18.2 Å². The van der Waals surface area contributed by atoms with Crippen molar-refractivity contribution in [1.29, 1.82) is 0 Å². The fourth-order valence-corrected chi connectivity index (χ4v) is 2.90. The number of hydrogen-bond acceptors (Lipinski definition) is 5. The first-order valence-corrected chi connectivity index (χ1v) is 8.26. The molecule has 2 aromatic carbocycles. The monoisotopic (exact) mass is 367 g/mol. The van der Waals surface area contributed by atoms with Crippen molar-refractivity contribution < 1.29 is 19.0 Å². The third kappa shape index (κ3) is 3.57. The van der Waals surface area contributed by atoms with Crippen LogP contribution in [0.5, 0.6) is 17.2 Å². The largest absolute Gasteiger partial charge is 0.496 e. The van der Waals surface area contributed by atoms with Gasteiger partial charge >= 0.3 is 0 Å². The van der Waals surface area contributed by atoms with Gasteiger partial charge in [0.2, 0.25) is 0 Å². The lowest BCUT2D eigenvalue weighted by atomic mass is 10.2. The quantitative estimate of drug-likeness (QED) is 0.537. The molecule has 0 spiro atoms. The Hall–Kier alpha value is -3.48. The van der Waals surface area contributed by atoms with Crippen LogP contribution in [0.4, 0.5) is 0 Å². The van der Waals surface area contributed by atoms with Crippen molar-refractivity contribution in [2.24, 2.45) is 12.1 Å². The molecule has 3 aromatic rings. The molecular formula is C20H21N3O4. The number of hydrogen-bond donors (Lipinski definition) is 1. The molecule has 1 N–H and O–H groups in total. The summed E-state index contributed by atoms with van der Waals surface area (Å²) < 4.78 is 17.8. The lowest BCUT2D eigenvalue weighted by molar-refractivity contribution is 0.0956. The van der Waals surface area contributed by atoms with E-state index in [-0.39, 0.29) is 5.91 Å². The summed E-state index contributed by atoms with van der Waals surface area (Å²) in [6.07, 6.45) is 3.29. The van der Waals surface area contributed by atoms with E-state index in [2.05, 4.69) is 10.5 Å². The zero-order valence-corrected chi connectivity index (χ0v) is 15.6. The summed E-state index contributed by atoms with van der Waals surface area (Å²) in [5.74, 6) is 1.35. The van der Waals surface area contributed by atoms with Gasteiger partial charge in [0.25, 0.3) is 5.91 Å². The minimum atomic E-state index is -0.289. The van der Waals surface area contributed by atoms with Crippen molar-refractivity contribution in [3.63, 3.8) is 0 Å². The number of aromatic nitrogens is 1. The van der Waals surface area contributed by atoms with Crippen LogP contribution < -0.4 is 19.6 Å². The minimum Gasteiger partial charge on any atom is -0.496 e. The van der Waals surface area contributed by atoms with Gasteiger partial charge < -0.3 is 18.8 Å². The zero-order valence-electron chi connectivity index (χ0n) is 15.6. The first-order valence-electron chi connectivity index (χ1n) is 8.26. The maximum absolute atomic E-state index is 12.5. The van der Waals surface area contributed by atoms with E-state index in [1.807, 2.05) is 35.9 Å². The fourth-order valence-electron chi connectivity index (χ4n) is 2.90. The van der Waals surface area contributed by atoms with Crippen LogP contribution in [0, 0.1) is 0 Å². The molecule has 0 bridgehead atoms. The summed E-state index contributed by atoms with van der Waals surface area (Å²) in [7, 11) is 6.55. The van der Waals surface area contributed by atoms with E-state index in [0.29, 0.717) is 28.4 Å². The number of amides is 1. The third-order valence-electron chi connectivity index (χ3n) is 4.25. The van der Waals surface area contributed by atoms with Crippen LogP contribution in [-0.2, 0) is 7.05 Å². The van der Waals surface area contributed by atoms with Crippen LogP contribution in [0.25, 0.3) is 10.9 Å². The molecule has 0 unspecified atom stereocenters. The molecule has 0 aliphatic rings. The summed E-state index contributed by atoms with van der Waals surface area (Å²) in [5, 5.41) is 4.93. The van der Waals surface area contributed by atoms with Gasteiger partial charge in [-0.25, -0.2) is 5.43 Å². The maximum atomic E-state index is 12.5. The number of ether oxygens (including phenoxy) is 3. The SMILES string of the molecule is COc1cc(OC)c(OC)cc1/C=N\NC(=O)c1cn(C)c2ccccc12. The Labute approximate surface area is 157 Å². The number of carbonyl (C=O) groups excluding carboxylic acids is 1. The lowest BCUT2D eigenvalue weighted by Crippen LogP contribution is -2.17. The van der Waals surface area contributed by atoms with Gasteiger partial charge in [0, 0.05) is 35.8 Å². The van der Waals surface area contributed by atoms with E-state index in [4.69, 9.17) is 14.2 Å². The van der Waals surface area contributed by atoms with E-state index in [1.54, 1.807) is 39.7 Å². The molecular weight excluding hydrogens is 346 g/mol.